The van der Waals surface area contributed by atoms with Gasteiger partial charge in [-0.25, -0.2) is 8.42 Å². The van der Waals surface area contributed by atoms with Crippen molar-refractivity contribution in [2.24, 2.45) is 5.92 Å². The highest BCUT2D eigenvalue weighted by molar-refractivity contribution is 7.89. The van der Waals surface area contributed by atoms with Gasteiger partial charge in [-0.15, -0.1) is 0 Å². The third-order valence-corrected chi connectivity index (χ3v) is 7.14. The summed E-state index contributed by atoms with van der Waals surface area (Å²) in [5, 5.41) is 0. The van der Waals surface area contributed by atoms with Gasteiger partial charge in [0, 0.05) is 13.1 Å². The van der Waals surface area contributed by atoms with Crippen LogP contribution in [0.5, 0.6) is 5.75 Å². The number of hydrazine groups is 1. The number of amides is 2. The number of benzene rings is 2. The van der Waals surface area contributed by atoms with Crippen molar-refractivity contribution in [3.8, 4) is 5.75 Å². The number of carbonyl (C=O) groups excluding carboxylic acids is 2. The van der Waals surface area contributed by atoms with Crippen molar-refractivity contribution >= 4 is 21.8 Å². The maximum atomic E-state index is 12.9. The third kappa shape index (κ3) is 5.83. The minimum Gasteiger partial charge on any atom is -0.497 e. The van der Waals surface area contributed by atoms with Gasteiger partial charge < -0.3 is 4.74 Å². The monoisotopic (exact) mass is 445 g/mol. The van der Waals surface area contributed by atoms with Gasteiger partial charge in [-0.2, -0.15) is 4.31 Å². The summed E-state index contributed by atoms with van der Waals surface area (Å²) in [7, 11) is -2.10. The van der Waals surface area contributed by atoms with Crippen molar-refractivity contribution in [3.05, 3.63) is 59.7 Å². The number of methoxy groups -OCH3 is 1. The highest BCUT2D eigenvalue weighted by Crippen LogP contribution is 2.24. The Morgan fingerprint density at radius 3 is 2.39 bits per heavy atom. The van der Waals surface area contributed by atoms with Crippen LogP contribution in [0.4, 0.5) is 0 Å². The Hall–Kier alpha value is -2.91. The minimum atomic E-state index is -3.67. The molecule has 3 rings (SSSR count). The number of nitrogens with one attached hydrogen (secondary N) is 2. The first-order valence-corrected chi connectivity index (χ1v) is 11.5. The van der Waals surface area contributed by atoms with Crippen LogP contribution < -0.4 is 15.6 Å². The summed E-state index contributed by atoms with van der Waals surface area (Å²) >= 11 is 0. The van der Waals surface area contributed by atoms with Crippen LogP contribution >= 0.6 is 0 Å². The predicted octanol–water partition coefficient (Wildman–Crippen LogP) is 1.79. The fourth-order valence-corrected chi connectivity index (χ4v) is 4.96. The summed E-state index contributed by atoms with van der Waals surface area (Å²) in [5.41, 5.74) is 6.59. The second-order valence-corrected chi connectivity index (χ2v) is 9.52. The van der Waals surface area contributed by atoms with Crippen molar-refractivity contribution < 1.29 is 22.7 Å². The minimum absolute atomic E-state index is 0.0798. The molecule has 2 amide bonds. The van der Waals surface area contributed by atoms with Crippen LogP contribution in [0.3, 0.4) is 0 Å². The van der Waals surface area contributed by atoms with Crippen LogP contribution in [0, 0.1) is 12.8 Å². The van der Waals surface area contributed by atoms with Crippen molar-refractivity contribution in [2.45, 2.75) is 31.1 Å². The molecule has 1 aliphatic heterocycles. The van der Waals surface area contributed by atoms with E-state index in [4.69, 9.17) is 4.74 Å². The number of ether oxygens (including phenoxy) is 1. The number of carbonyl (C=O) groups is 2. The molecule has 31 heavy (non-hydrogen) atoms. The Morgan fingerprint density at radius 2 is 1.74 bits per heavy atom. The molecule has 0 bridgehead atoms. The van der Waals surface area contributed by atoms with Crippen LogP contribution in [0.2, 0.25) is 0 Å². The van der Waals surface area contributed by atoms with E-state index in [0.29, 0.717) is 25.1 Å². The van der Waals surface area contributed by atoms with Gasteiger partial charge in [-0.3, -0.25) is 20.4 Å². The number of aryl methyl sites for hydroxylation is 1. The Balaban J connectivity index is 1.54. The van der Waals surface area contributed by atoms with Gasteiger partial charge in [0.15, 0.2) is 0 Å². The van der Waals surface area contributed by atoms with Crippen molar-refractivity contribution in [1.29, 1.82) is 0 Å². The first kappa shape index (κ1) is 22.8. The zero-order valence-electron chi connectivity index (χ0n) is 17.6. The first-order valence-electron chi connectivity index (χ1n) is 10.1. The smallest absolute Gasteiger partial charge is 0.243 e. The molecule has 0 aliphatic carbocycles. The summed E-state index contributed by atoms with van der Waals surface area (Å²) in [6.07, 6.45) is 1.23. The summed E-state index contributed by atoms with van der Waals surface area (Å²) < 4.78 is 32.2. The van der Waals surface area contributed by atoms with E-state index in [9.17, 15) is 18.0 Å². The molecule has 0 saturated carbocycles. The lowest BCUT2D eigenvalue weighted by Gasteiger charge is -2.31. The second-order valence-electron chi connectivity index (χ2n) is 7.58. The van der Waals surface area contributed by atoms with Crippen LogP contribution in [0.25, 0.3) is 0 Å². The predicted molar refractivity (Wildman–Crippen MR) is 116 cm³/mol. The Kier molecular flexibility index (Phi) is 7.29. The van der Waals surface area contributed by atoms with E-state index in [0.717, 1.165) is 11.1 Å². The molecule has 1 heterocycles. The van der Waals surface area contributed by atoms with E-state index in [1.807, 2.05) is 6.92 Å². The fourth-order valence-electron chi connectivity index (χ4n) is 3.44. The van der Waals surface area contributed by atoms with Crippen molar-refractivity contribution in [3.63, 3.8) is 0 Å². The average Bonchev–Trinajstić information content (AvgIpc) is 2.78. The molecule has 2 aromatic rings. The molecule has 166 valence electrons. The Morgan fingerprint density at radius 1 is 1.06 bits per heavy atom. The maximum absolute atomic E-state index is 12.9. The van der Waals surface area contributed by atoms with Crippen LogP contribution in [0.1, 0.15) is 24.0 Å². The number of hydrogen-bond acceptors (Lipinski definition) is 5. The van der Waals surface area contributed by atoms with Gasteiger partial charge in [-0.1, -0.05) is 29.8 Å². The molecule has 1 atom stereocenters. The number of rotatable bonds is 6. The van der Waals surface area contributed by atoms with Gasteiger partial charge in [0.25, 0.3) is 0 Å². The van der Waals surface area contributed by atoms with Gasteiger partial charge in [0.05, 0.1) is 24.3 Å². The van der Waals surface area contributed by atoms with Crippen LogP contribution in [0.15, 0.2) is 53.4 Å². The van der Waals surface area contributed by atoms with E-state index in [1.54, 1.807) is 55.6 Å². The van der Waals surface area contributed by atoms with Crippen LogP contribution in [-0.2, 0) is 26.0 Å². The third-order valence-electron chi connectivity index (χ3n) is 5.26. The number of hydrogen-bond donors (Lipinski definition) is 2. The molecule has 9 heteroatoms. The Labute approximate surface area is 182 Å². The average molecular weight is 446 g/mol. The molecule has 1 saturated heterocycles. The van der Waals surface area contributed by atoms with Crippen molar-refractivity contribution in [1.82, 2.24) is 15.2 Å². The molecule has 8 nitrogen and oxygen atoms in total. The quantitative estimate of drug-likeness (QED) is 0.660. The largest absolute Gasteiger partial charge is 0.497 e. The van der Waals surface area contributed by atoms with E-state index < -0.39 is 21.8 Å². The first-order chi connectivity index (χ1) is 14.8. The molecule has 1 fully saturated rings. The SMILES string of the molecule is COc1ccc(CC(=O)NNC(=O)[C@H]2CCCN(S(=O)(=O)c3ccc(C)cc3)C2)cc1. The highest BCUT2D eigenvalue weighted by atomic mass is 32.2. The molecule has 0 spiro atoms. The lowest BCUT2D eigenvalue weighted by molar-refractivity contribution is -0.131. The summed E-state index contributed by atoms with van der Waals surface area (Å²) in [6, 6.07) is 13.7. The molecule has 0 unspecified atom stereocenters. The molecule has 2 aromatic carbocycles. The summed E-state index contributed by atoms with van der Waals surface area (Å²) in [4.78, 5) is 24.9. The number of nitrogens with zero attached hydrogens (tertiary/aromatic N) is 1. The van der Waals surface area contributed by atoms with E-state index in [2.05, 4.69) is 10.9 Å². The zero-order valence-corrected chi connectivity index (χ0v) is 18.4. The van der Waals surface area contributed by atoms with Crippen molar-refractivity contribution in [2.75, 3.05) is 20.2 Å². The van der Waals surface area contributed by atoms with Crippen LogP contribution in [-0.4, -0.2) is 44.7 Å². The number of sulfonamides is 1. The molecule has 2 N–H and O–H groups in total. The molecular weight excluding hydrogens is 418 g/mol. The van der Waals surface area contributed by atoms with E-state index in [1.165, 1.54) is 4.31 Å². The van der Waals surface area contributed by atoms with E-state index in [-0.39, 0.29) is 23.8 Å². The standard InChI is InChI=1S/C22H27N3O5S/c1-16-5-11-20(12-6-16)31(28,29)25-13-3-4-18(15-25)22(27)24-23-21(26)14-17-7-9-19(30-2)10-8-17/h5-12,18H,3-4,13-15H2,1-2H3,(H,23,26)(H,24,27)/t18-/m0/s1. The molecular formula is C22H27N3O5S. The molecule has 0 radical (unpaired) electrons. The molecule has 0 aromatic heterocycles. The normalized spacial score (nSPS) is 17.0. The van der Waals surface area contributed by atoms with E-state index >= 15 is 0 Å². The van der Waals surface area contributed by atoms with Gasteiger partial charge in [0.1, 0.15) is 5.75 Å². The topological polar surface area (TPSA) is 105 Å². The fraction of sp³-hybridized carbons (Fsp3) is 0.364. The second kappa shape index (κ2) is 9.93. The Bertz CT molecular complexity index is 1020. The molecule has 1 aliphatic rings. The lowest BCUT2D eigenvalue weighted by atomic mass is 9.99. The van der Waals surface area contributed by atoms with Gasteiger partial charge in [-0.05, 0) is 49.6 Å². The maximum Gasteiger partial charge on any atom is 0.243 e. The van der Waals surface area contributed by atoms with Gasteiger partial charge >= 0.3 is 0 Å². The summed E-state index contributed by atoms with van der Waals surface area (Å²) in [6.45, 7) is 2.33. The zero-order chi connectivity index (χ0) is 22.4. The highest BCUT2D eigenvalue weighted by Gasteiger charge is 2.33. The van der Waals surface area contributed by atoms with Gasteiger partial charge in [0.2, 0.25) is 21.8 Å². The summed E-state index contributed by atoms with van der Waals surface area (Å²) in [5.74, 6) is -0.597. The lowest BCUT2D eigenvalue weighted by Crippen LogP contribution is -2.50. The number of piperidine rings is 1.